The summed E-state index contributed by atoms with van der Waals surface area (Å²) in [6, 6.07) is 17.2. The van der Waals surface area contributed by atoms with Gasteiger partial charge in [-0.3, -0.25) is 4.79 Å². The SMILES string of the molecule is CCc1ccc(C2(c3cn(CC(=O)O)c4ccccc34)CCC2)cc1. The van der Waals surface area contributed by atoms with E-state index in [4.69, 9.17) is 0 Å². The summed E-state index contributed by atoms with van der Waals surface area (Å²) in [6.07, 6.45) is 6.59. The Balaban J connectivity index is 1.87. The molecule has 2 aromatic carbocycles. The molecule has 1 N–H and O–H groups in total. The second kappa shape index (κ2) is 6.07. The number of aliphatic carboxylic acids is 1. The Bertz CT molecular complexity index is 917. The molecule has 0 spiro atoms. The Labute approximate surface area is 147 Å². The molecule has 1 fully saturated rings. The first-order valence-electron chi connectivity index (χ1n) is 9.03. The molecule has 3 aromatic rings. The van der Waals surface area contributed by atoms with Gasteiger partial charge in [0.05, 0.1) is 0 Å². The molecule has 0 saturated heterocycles. The molecule has 1 heterocycles. The number of carboxylic acid groups (broad SMARTS) is 1. The highest BCUT2D eigenvalue weighted by molar-refractivity contribution is 5.87. The Hall–Kier alpha value is -2.55. The van der Waals surface area contributed by atoms with Gasteiger partial charge in [-0.2, -0.15) is 0 Å². The molecule has 3 nitrogen and oxygen atoms in total. The molecule has 0 amide bonds. The molecular formula is C22H23NO2. The van der Waals surface area contributed by atoms with E-state index < -0.39 is 5.97 Å². The first kappa shape index (κ1) is 15.9. The molecule has 128 valence electrons. The minimum Gasteiger partial charge on any atom is -0.480 e. The third-order valence-corrected chi connectivity index (χ3v) is 5.73. The third-order valence-electron chi connectivity index (χ3n) is 5.73. The Morgan fingerprint density at radius 2 is 1.84 bits per heavy atom. The van der Waals surface area contributed by atoms with Crippen molar-refractivity contribution >= 4 is 16.9 Å². The van der Waals surface area contributed by atoms with E-state index in [2.05, 4.69) is 43.5 Å². The molecule has 4 rings (SSSR count). The van der Waals surface area contributed by atoms with Crippen molar-refractivity contribution in [1.82, 2.24) is 4.57 Å². The summed E-state index contributed by atoms with van der Waals surface area (Å²) < 4.78 is 1.88. The summed E-state index contributed by atoms with van der Waals surface area (Å²) >= 11 is 0. The van der Waals surface area contributed by atoms with Gasteiger partial charge in [0.25, 0.3) is 0 Å². The number of nitrogens with zero attached hydrogens (tertiary/aromatic N) is 1. The number of hydrogen-bond donors (Lipinski definition) is 1. The highest BCUT2D eigenvalue weighted by Gasteiger charge is 2.42. The quantitative estimate of drug-likeness (QED) is 0.731. The standard InChI is InChI=1S/C22H23NO2/c1-2-16-8-10-17(11-9-16)22(12-5-13-22)19-14-23(15-21(24)25)20-7-4-3-6-18(19)20/h3-4,6-11,14H,2,5,12-13,15H2,1H3,(H,24,25). The largest absolute Gasteiger partial charge is 0.480 e. The van der Waals surface area contributed by atoms with E-state index in [0.29, 0.717) is 0 Å². The van der Waals surface area contributed by atoms with Crippen LogP contribution in [0.3, 0.4) is 0 Å². The molecule has 25 heavy (non-hydrogen) atoms. The van der Waals surface area contributed by atoms with Crippen LogP contribution in [0.15, 0.2) is 54.7 Å². The van der Waals surface area contributed by atoms with Crippen molar-refractivity contribution in [3.63, 3.8) is 0 Å². The van der Waals surface area contributed by atoms with Crippen LogP contribution in [0, 0.1) is 0 Å². The predicted molar refractivity (Wildman–Crippen MR) is 100 cm³/mol. The van der Waals surface area contributed by atoms with Gasteiger partial charge in [-0.05, 0) is 42.0 Å². The average molecular weight is 333 g/mol. The minimum absolute atomic E-state index is 0.00532. The second-order valence-corrected chi connectivity index (χ2v) is 7.07. The summed E-state index contributed by atoms with van der Waals surface area (Å²) in [5.41, 5.74) is 5.02. The number of fused-ring (bicyclic) bond motifs is 1. The van der Waals surface area contributed by atoms with Crippen LogP contribution in [-0.2, 0) is 23.2 Å². The fourth-order valence-electron chi connectivity index (χ4n) is 4.21. The molecule has 0 unspecified atom stereocenters. The smallest absolute Gasteiger partial charge is 0.323 e. The number of carbonyl (C=O) groups is 1. The fraction of sp³-hybridized carbons (Fsp3) is 0.318. The Morgan fingerprint density at radius 1 is 1.12 bits per heavy atom. The van der Waals surface area contributed by atoms with Crippen molar-refractivity contribution in [1.29, 1.82) is 0 Å². The van der Waals surface area contributed by atoms with Crippen LogP contribution in [0.2, 0.25) is 0 Å². The number of rotatable bonds is 5. The highest BCUT2D eigenvalue weighted by atomic mass is 16.4. The zero-order valence-corrected chi connectivity index (χ0v) is 14.5. The summed E-state index contributed by atoms with van der Waals surface area (Å²) in [4.78, 5) is 11.3. The monoisotopic (exact) mass is 333 g/mol. The topological polar surface area (TPSA) is 42.2 Å². The van der Waals surface area contributed by atoms with Gasteiger partial charge >= 0.3 is 5.97 Å². The average Bonchev–Trinajstić information content (AvgIpc) is 2.93. The molecular weight excluding hydrogens is 310 g/mol. The number of aromatic nitrogens is 1. The maximum absolute atomic E-state index is 11.3. The highest BCUT2D eigenvalue weighted by Crippen LogP contribution is 2.51. The van der Waals surface area contributed by atoms with Crippen molar-refractivity contribution < 1.29 is 9.90 Å². The number of para-hydroxylation sites is 1. The van der Waals surface area contributed by atoms with Crippen LogP contribution in [-0.4, -0.2) is 15.6 Å². The molecule has 1 saturated carbocycles. The van der Waals surface area contributed by atoms with Crippen LogP contribution in [0.25, 0.3) is 10.9 Å². The lowest BCUT2D eigenvalue weighted by atomic mass is 9.60. The van der Waals surface area contributed by atoms with Crippen LogP contribution >= 0.6 is 0 Å². The normalized spacial score (nSPS) is 15.9. The van der Waals surface area contributed by atoms with Crippen molar-refractivity contribution in [3.05, 3.63) is 71.4 Å². The lowest BCUT2D eigenvalue weighted by molar-refractivity contribution is -0.137. The van der Waals surface area contributed by atoms with Gasteiger partial charge in [0.15, 0.2) is 0 Å². The van der Waals surface area contributed by atoms with Crippen molar-refractivity contribution in [3.8, 4) is 0 Å². The summed E-state index contributed by atoms with van der Waals surface area (Å²) in [5.74, 6) is -0.803. The van der Waals surface area contributed by atoms with E-state index in [9.17, 15) is 9.90 Å². The third kappa shape index (κ3) is 2.55. The molecule has 3 heteroatoms. The molecule has 0 radical (unpaired) electrons. The summed E-state index contributed by atoms with van der Waals surface area (Å²) in [7, 11) is 0. The number of aryl methyl sites for hydroxylation is 1. The van der Waals surface area contributed by atoms with E-state index in [1.54, 1.807) is 0 Å². The van der Waals surface area contributed by atoms with E-state index in [0.717, 1.165) is 24.8 Å². The summed E-state index contributed by atoms with van der Waals surface area (Å²) in [5, 5.41) is 10.4. The van der Waals surface area contributed by atoms with E-state index in [-0.39, 0.29) is 12.0 Å². The van der Waals surface area contributed by atoms with Gasteiger partial charge in [0.2, 0.25) is 0 Å². The molecule has 1 aliphatic rings. The number of carboxylic acids is 1. The van der Waals surface area contributed by atoms with E-state index in [1.807, 2.05) is 22.8 Å². The lowest BCUT2D eigenvalue weighted by Gasteiger charge is -2.43. The Morgan fingerprint density at radius 3 is 2.44 bits per heavy atom. The minimum atomic E-state index is -0.803. The zero-order chi connectivity index (χ0) is 17.4. The van der Waals surface area contributed by atoms with Crippen LogP contribution < -0.4 is 0 Å². The molecule has 1 aromatic heterocycles. The van der Waals surface area contributed by atoms with Crippen LogP contribution in [0.5, 0.6) is 0 Å². The maximum atomic E-state index is 11.3. The van der Waals surface area contributed by atoms with Crippen molar-refractivity contribution in [2.75, 3.05) is 0 Å². The van der Waals surface area contributed by atoms with E-state index >= 15 is 0 Å². The number of benzene rings is 2. The van der Waals surface area contributed by atoms with E-state index in [1.165, 1.54) is 28.5 Å². The number of hydrogen-bond acceptors (Lipinski definition) is 1. The predicted octanol–water partition coefficient (Wildman–Crippen LogP) is 4.76. The van der Waals surface area contributed by atoms with Gasteiger partial charge in [-0.15, -0.1) is 0 Å². The maximum Gasteiger partial charge on any atom is 0.323 e. The first-order chi connectivity index (χ1) is 12.1. The Kier molecular flexibility index (Phi) is 3.87. The first-order valence-corrected chi connectivity index (χ1v) is 9.03. The lowest BCUT2D eigenvalue weighted by Crippen LogP contribution is -2.35. The second-order valence-electron chi connectivity index (χ2n) is 7.07. The molecule has 0 bridgehead atoms. The molecule has 0 aliphatic heterocycles. The zero-order valence-electron chi connectivity index (χ0n) is 14.5. The van der Waals surface area contributed by atoms with Gasteiger partial charge in [-0.25, -0.2) is 0 Å². The van der Waals surface area contributed by atoms with Gasteiger partial charge < -0.3 is 9.67 Å². The summed E-state index contributed by atoms with van der Waals surface area (Å²) in [6.45, 7) is 2.18. The fourth-order valence-corrected chi connectivity index (χ4v) is 4.21. The van der Waals surface area contributed by atoms with Crippen molar-refractivity contribution in [2.45, 2.75) is 44.6 Å². The molecule has 0 atom stereocenters. The van der Waals surface area contributed by atoms with Gasteiger partial charge in [-0.1, -0.05) is 55.8 Å². The van der Waals surface area contributed by atoms with Crippen molar-refractivity contribution in [2.24, 2.45) is 0 Å². The van der Waals surface area contributed by atoms with Gasteiger partial charge in [0, 0.05) is 22.5 Å². The molecule has 1 aliphatic carbocycles. The van der Waals surface area contributed by atoms with Crippen LogP contribution in [0.4, 0.5) is 0 Å². The van der Waals surface area contributed by atoms with Gasteiger partial charge in [0.1, 0.15) is 6.54 Å². The van der Waals surface area contributed by atoms with Crippen LogP contribution in [0.1, 0.15) is 42.9 Å².